The average Bonchev–Trinajstić information content (AvgIpc) is 2.79. The lowest BCUT2D eigenvalue weighted by atomic mass is 10.1. The number of rotatable bonds is 1. The summed E-state index contributed by atoms with van der Waals surface area (Å²) in [5.41, 5.74) is 5.70. The Morgan fingerprint density at radius 1 is 1.35 bits per heavy atom. The van der Waals surface area contributed by atoms with Crippen molar-refractivity contribution < 1.29 is 4.39 Å². The molecule has 0 bridgehead atoms. The van der Waals surface area contributed by atoms with E-state index in [9.17, 15) is 4.39 Å². The molecule has 2 aromatic rings. The zero-order valence-corrected chi connectivity index (χ0v) is 9.81. The van der Waals surface area contributed by atoms with E-state index in [1.807, 2.05) is 0 Å². The molecular weight excluding hydrogens is 241 g/mol. The number of hydrogen-bond acceptors (Lipinski definition) is 3. The van der Waals surface area contributed by atoms with Gasteiger partial charge in [0, 0.05) is 5.69 Å². The van der Waals surface area contributed by atoms with Gasteiger partial charge in [0.2, 0.25) is 0 Å². The molecule has 1 aliphatic carbocycles. The summed E-state index contributed by atoms with van der Waals surface area (Å²) in [6.07, 6.45) is 2.79. The lowest BCUT2D eigenvalue weighted by molar-refractivity contribution is 0.639. The summed E-state index contributed by atoms with van der Waals surface area (Å²) >= 11 is 6.06. The molecule has 1 aromatic carbocycles. The van der Waals surface area contributed by atoms with Gasteiger partial charge in [0.05, 0.1) is 21.6 Å². The van der Waals surface area contributed by atoms with Crippen molar-refractivity contribution in [3.05, 3.63) is 34.2 Å². The predicted octanol–water partition coefficient (Wildman–Crippen LogP) is 2.80. The summed E-state index contributed by atoms with van der Waals surface area (Å²) in [7, 11) is 0. The molecule has 0 saturated carbocycles. The lowest BCUT2D eigenvalue weighted by Crippen LogP contribution is -2.11. The van der Waals surface area contributed by atoms with Gasteiger partial charge in [0.25, 0.3) is 0 Å². The first kappa shape index (κ1) is 10.7. The molecule has 0 amide bonds. The van der Waals surface area contributed by atoms with Crippen LogP contribution in [0.2, 0.25) is 5.02 Å². The Morgan fingerprint density at radius 2 is 2.18 bits per heavy atom. The van der Waals surface area contributed by atoms with E-state index in [2.05, 4.69) is 10.4 Å². The Bertz CT molecular complexity index is 612. The minimum atomic E-state index is -0.348. The fourth-order valence-corrected chi connectivity index (χ4v) is 2.65. The number of benzene rings is 1. The molecule has 3 N–H and O–H groups in total. The first-order valence-electron chi connectivity index (χ1n) is 5.48. The molecule has 1 heterocycles. The van der Waals surface area contributed by atoms with Crippen molar-refractivity contribution in [2.75, 3.05) is 5.43 Å². The molecule has 5 heteroatoms. The molecule has 0 atom stereocenters. The lowest BCUT2D eigenvalue weighted by Gasteiger charge is -2.12. The summed E-state index contributed by atoms with van der Waals surface area (Å²) in [6, 6.07) is 2.86. The van der Waals surface area contributed by atoms with E-state index in [4.69, 9.17) is 17.4 Å². The second-order valence-electron chi connectivity index (χ2n) is 4.16. The molecule has 0 radical (unpaired) electrons. The fraction of sp³-hybridized carbons (Fsp3) is 0.250. The Balaban J connectivity index is 2.49. The third-order valence-electron chi connectivity index (χ3n) is 3.21. The quantitative estimate of drug-likeness (QED) is 0.605. The van der Waals surface area contributed by atoms with Gasteiger partial charge in [0.1, 0.15) is 5.82 Å². The van der Waals surface area contributed by atoms with Crippen molar-refractivity contribution in [3.63, 3.8) is 0 Å². The van der Waals surface area contributed by atoms with Gasteiger partial charge in [-0.2, -0.15) is 0 Å². The van der Waals surface area contributed by atoms with Crippen molar-refractivity contribution >= 4 is 28.2 Å². The van der Waals surface area contributed by atoms with Crippen LogP contribution in [0.5, 0.6) is 0 Å². The Kier molecular flexibility index (Phi) is 2.42. The summed E-state index contributed by atoms with van der Waals surface area (Å²) in [6.45, 7) is 0. The molecule has 3 rings (SSSR count). The number of nitrogens with zero attached hydrogens (tertiary/aromatic N) is 1. The van der Waals surface area contributed by atoms with E-state index in [1.54, 1.807) is 0 Å². The van der Waals surface area contributed by atoms with Crippen LogP contribution in [0, 0.1) is 5.82 Å². The molecule has 3 nitrogen and oxygen atoms in total. The molecule has 1 aromatic heterocycles. The molecule has 0 spiro atoms. The van der Waals surface area contributed by atoms with Crippen LogP contribution in [0.15, 0.2) is 12.1 Å². The number of nitrogens with two attached hydrogens (primary N) is 1. The zero-order chi connectivity index (χ0) is 12.0. The highest BCUT2D eigenvalue weighted by Gasteiger charge is 2.22. The van der Waals surface area contributed by atoms with Gasteiger partial charge >= 0.3 is 0 Å². The minimum absolute atomic E-state index is 0.348. The van der Waals surface area contributed by atoms with Crippen LogP contribution in [0.4, 0.5) is 10.1 Å². The number of nitrogen functional groups attached to an aromatic ring is 1. The molecule has 0 aliphatic heterocycles. The third kappa shape index (κ3) is 1.48. The van der Waals surface area contributed by atoms with Crippen molar-refractivity contribution in [3.8, 4) is 0 Å². The molecule has 17 heavy (non-hydrogen) atoms. The molecule has 0 unspecified atom stereocenters. The van der Waals surface area contributed by atoms with Crippen LogP contribution in [0.1, 0.15) is 17.7 Å². The Hall–Kier alpha value is -1.39. The second kappa shape index (κ2) is 3.82. The van der Waals surface area contributed by atoms with Gasteiger partial charge in [0.15, 0.2) is 0 Å². The Morgan fingerprint density at radius 3 is 2.94 bits per heavy atom. The second-order valence-corrected chi connectivity index (χ2v) is 4.57. The number of halogens is 2. The zero-order valence-electron chi connectivity index (χ0n) is 9.06. The molecular formula is C12H11ClFN3. The third-order valence-corrected chi connectivity index (χ3v) is 3.51. The maximum atomic E-state index is 13.9. The fourth-order valence-electron chi connectivity index (χ4n) is 2.45. The number of pyridine rings is 1. The van der Waals surface area contributed by atoms with E-state index in [-0.39, 0.29) is 5.82 Å². The van der Waals surface area contributed by atoms with Gasteiger partial charge in [-0.05, 0) is 37.0 Å². The molecule has 0 saturated heterocycles. The van der Waals surface area contributed by atoms with Crippen LogP contribution in [0.3, 0.4) is 0 Å². The van der Waals surface area contributed by atoms with Crippen LogP contribution in [-0.4, -0.2) is 4.98 Å². The maximum absolute atomic E-state index is 13.9. The van der Waals surface area contributed by atoms with E-state index >= 15 is 0 Å². The highest BCUT2D eigenvalue weighted by molar-refractivity contribution is 6.35. The number of hydrazine groups is 1. The van der Waals surface area contributed by atoms with Crippen molar-refractivity contribution in [1.82, 2.24) is 4.98 Å². The molecule has 1 aliphatic rings. The first-order chi connectivity index (χ1) is 8.22. The van der Waals surface area contributed by atoms with Gasteiger partial charge in [-0.15, -0.1) is 0 Å². The van der Waals surface area contributed by atoms with Crippen LogP contribution in [0.25, 0.3) is 10.9 Å². The number of nitrogens with one attached hydrogen (secondary N) is 1. The van der Waals surface area contributed by atoms with Crippen molar-refractivity contribution in [1.29, 1.82) is 0 Å². The number of hydrogen-bond donors (Lipinski definition) is 2. The number of aryl methyl sites for hydroxylation is 1. The maximum Gasteiger partial charge on any atom is 0.134 e. The van der Waals surface area contributed by atoms with E-state index in [0.29, 0.717) is 21.6 Å². The Labute approximate surface area is 103 Å². The van der Waals surface area contributed by atoms with Gasteiger partial charge in [-0.25, -0.2) is 4.39 Å². The SMILES string of the molecule is NNc1c2c(nc3c(Cl)ccc(F)c13)CCC2. The summed E-state index contributed by atoms with van der Waals surface area (Å²) in [5.74, 6) is 5.17. The molecule has 88 valence electrons. The monoisotopic (exact) mass is 251 g/mol. The summed E-state index contributed by atoms with van der Waals surface area (Å²) in [5, 5.41) is 0.841. The smallest absolute Gasteiger partial charge is 0.134 e. The largest absolute Gasteiger partial charge is 0.323 e. The van der Waals surface area contributed by atoms with Gasteiger partial charge in [-0.1, -0.05) is 11.6 Å². The predicted molar refractivity (Wildman–Crippen MR) is 66.5 cm³/mol. The topological polar surface area (TPSA) is 50.9 Å². The van der Waals surface area contributed by atoms with Crippen LogP contribution in [-0.2, 0) is 12.8 Å². The van der Waals surface area contributed by atoms with E-state index in [0.717, 1.165) is 30.5 Å². The summed E-state index contributed by atoms with van der Waals surface area (Å²) in [4.78, 5) is 4.46. The standard InChI is InChI=1S/C12H11ClFN3/c13-7-4-5-8(14)10-11(17-15)6-2-1-3-9(6)16-12(7)10/h4-5H,1-3,15H2,(H,16,17). The van der Waals surface area contributed by atoms with E-state index in [1.165, 1.54) is 12.1 Å². The normalized spacial score (nSPS) is 14.1. The number of fused-ring (bicyclic) bond motifs is 2. The van der Waals surface area contributed by atoms with Crippen LogP contribution >= 0.6 is 11.6 Å². The van der Waals surface area contributed by atoms with Gasteiger partial charge in [-0.3, -0.25) is 10.8 Å². The van der Waals surface area contributed by atoms with Crippen molar-refractivity contribution in [2.45, 2.75) is 19.3 Å². The highest BCUT2D eigenvalue weighted by atomic mass is 35.5. The van der Waals surface area contributed by atoms with Gasteiger partial charge < -0.3 is 5.43 Å². The highest BCUT2D eigenvalue weighted by Crippen LogP contribution is 2.37. The first-order valence-corrected chi connectivity index (χ1v) is 5.86. The number of aromatic nitrogens is 1. The van der Waals surface area contributed by atoms with E-state index < -0.39 is 0 Å². The molecule has 0 fully saturated rings. The average molecular weight is 252 g/mol. The minimum Gasteiger partial charge on any atom is -0.323 e. The number of anilines is 1. The summed E-state index contributed by atoms with van der Waals surface area (Å²) < 4.78 is 13.9. The van der Waals surface area contributed by atoms with Crippen LogP contribution < -0.4 is 11.3 Å². The van der Waals surface area contributed by atoms with Crippen molar-refractivity contribution in [2.24, 2.45) is 5.84 Å².